The van der Waals surface area contributed by atoms with E-state index in [4.69, 9.17) is 18.6 Å². The van der Waals surface area contributed by atoms with E-state index in [2.05, 4.69) is 19.9 Å². The molecule has 0 aliphatic heterocycles. The van der Waals surface area contributed by atoms with Gasteiger partial charge in [0, 0.05) is 6.92 Å². The number of rotatable bonds is 16. The fourth-order valence-corrected chi connectivity index (χ4v) is 3.57. The van der Waals surface area contributed by atoms with Gasteiger partial charge < -0.3 is 18.6 Å². The molecule has 1 aromatic heterocycles. The molecule has 0 amide bonds. The Labute approximate surface area is 196 Å². The molecule has 6 heteroatoms. The fraction of sp³-hybridized carbons (Fsp3) is 0.556. The normalized spacial score (nSPS) is 11.2. The maximum atomic E-state index is 12.7. The molecular weight excluding hydrogens is 420 g/mol. The van der Waals surface area contributed by atoms with Crippen LogP contribution in [0.2, 0.25) is 0 Å². The highest BCUT2D eigenvalue weighted by Gasteiger charge is 2.21. The van der Waals surface area contributed by atoms with Crippen LogP contribution in [0.3, 0.4) is 0 Å². The quantitative estimate of drug-likeness (QED) is 0.117. The molecule has 182 valence electrons. The van der Waals surface area contributed by atoms with E-state index in [1.165, 1.54) is 39.0 Å². The predicted molar refractivity (Wildman–Crippen MR) is 131 cm³/mol. The van der Waals surface area contributed by atoms with Crippen molar-refractivity contribution in [1.29, 1.82) is 0 Å². The first-order valence-electron chi connectivity index (χ1n) is 12.3. The maximum Gasteiger partial charge on any atom is 0.383 e. The first-order valence-corrected chi connectivity index (χ1v) is 12.3. The number of benzene rings is 1. The van der Waals surface area contributed by atoms with E-state index in [0.29, 0.717) is 24.3 Å². The van der Waals surface area contributed by atoms with Gasteiger partial charge in [-0.05, 0) is 31.4 Å². The molecule has 0 saturated carbocycles. The highest BCUT2D eigenvalue weighted by molar-refractivity contribution is 5.91. The molecule has 6 nitrogen and oxygen atoms in total. The third-order valence-corrected chi connectivity index (χ3v) is 5.24. The van der Waals surface area contributed by atoms with Gasteiger partial charge in [0.15, 0.2) is 17.1 Å². The average Bonchev–Trinajstić information content (AvgIpc) is 2.79. The topological polar surface area (TPSA) is 75.0 Å². The number of para-hydroxylation sites is 1. The fourth-order valence-electron chi connectivity index (χ4n) is 3.57. The monoisotopic (exact) mass is 458 g/mol. The molecule has 2 rings (SSSR count). The van der Waals surface area contributed by atoms with Crippen LogP contribution in [0.1, 0.15) is 85.0 Å². The molecule has 0 atom stereocenters. The summed E-state index contributed by atoms with van der Waals surface area (Å²) in [5, 5.41) is 0.470. The molecule has 0 radical (unpaired) electrons. The van der Waals surface area contributed by atoms with Gasteiger partial charge in [-0.2, -0.15) is 0 Å². The van der Waals surface area contributed by atoms with E-state index in [0.717, 1.165) is 32.1 Å². The number of ether oxygens (including phenoxy) is 3. The molecule has 0 spiro atoms. The van der Waals surface area contributed by atoms with Crippen LogP contribution >= 0.6 is 0 Å². The smallest absolute Gasteiger partial charge is 0.383 e. The van der Waals surface area contributed by atoms with Crippen LogP contribution < -0.4 is 19.8 Å². The Kier molecular flexibility index (Phi) is 12.2. The Balaban J connectivity index is 2.09. The lowest BCUT2D eigenvalue weighted by molar-refractivity contribution is -0.131. The van der Waals surface area contributed by atoms with Crippen LogP contribution in [-0.2, 0) is 4.79 Å². The zero-order valence-corrected chi connectivity index (χ0v) is 20.3. The number of unbranched alkanes of at least 4 members (excludes halogenated alkanes) is 7. The Hall–Kier alpha value is -2.76. The number of hydrogen-bond acceptors (Lipinski definition) is 6. The third-order valence-electron chi connectivity index (χ3n) is 5.24. The minimum absolute atomic E-state index is 0.0660. The van der Waals surface area contributed by atoms with Crippen molar-refractivity contribution < 1.29 is 23.4 Å². The van der Waals surface area contributed by atoms with Crippen molar-refractivity contribution in [2.75, 3.05) is 13.2 Å². The summed E-state index contributed by atoms with van der Waals surface area (Å²) in [4.78, 5) is 24.5. The van der Waals surface area contributed by atoms with Crippen LogP contribution in [0.25, 0.3) is 11.0 Å². The standard InChI is InChI=1S/C27H38O6/c1-4-6-8-10-11-12-13-15-20-31-26-25(32-21(3)28)22-17-16-18-23(24(22)33-27(26)29)30-19-14-9-7-5-2/h7,9,16-18H,4-6,8,10-15,19-20H2,1-3H3. The molecule has 0 unspecified atom stereocenters. The summed E-state index contributed by atoms with van der Waals surface area (Å²) in [5.74, 6) is -0.0827. The largest absolute Gasteiger partial charge is 0.489 e. The Morgan fingerprint density at radius 1 is 0.909 bits per heavy atom. The van der Waals surface area contributed by atoms with Crippen molar-refractivity contribution in [2.45, 2.75) is 85.0 Å². The van der Waals surface area contributed by atoms with Gasteiger partial charge in [-0.25, -0.2) is 4.79 Å². The van der Waals surface area contributed by atoms with Crippen LogP contribution in [-0.4, -0.2) is 19.2 Å². The van der Waals surface area contributed by atoms with E-state index < -0.39 is 11.6 Å². The Morgan fingerprint density at radius 3 is 2.33 bits per heavy atom. The van der Waals surface area contributed by atoms with Crippen molar-refractivity contribution in [3.05, 3.63) is 40.8 Å². The maximum absolute atomic E-state index is 12.7. The summed E-state index contributed by atoms with van der Waals surface area (Å²) >= 11 is 0. The van der Waals surface area contributed by atoms with Crippen molar-refractivity contribution in [3.8, 4) is 17.2 Å². The lowest BCUT2D eigenvalue weighted by Gasteiger charge is -2.13. The number of esters is 1. The number of carbonyl (C=O) groups is 1. The van der Waals surface area contributed by atoms with Gasteiger partial charge in [-0.1, -0.05) is 77.0 Å². The van der Waals surface area contributed by atoms with Crippen LogP contribution in [0.15, 0.2) is 39.6 Å². The van der Waals surface area contributed by atoms with Crippen molar-refractivity contribution in [1.82, 2.24) is 0 Å². The molecular formula is C27H38O6. The highest BCUT2D eigenvalue weighted by Crippen LogP contribution is 2.37. The molecule has 0 saturated heterocycles. The molecule has 0 aliphatic carbocycles. The Bertz CT molecular complexity index is 944. The lowest BCUT2D eigenvalue weighted by atomic mass is 10.1. The zero-order valence-electron chi connectivity index (χ0n) is 20.3. The van der Waals surface area contributed by atoms with E-state index in [1.807, 2.05) is 6.08 Å². The van der Waals surface area contributed by atoms with Gasteiger partial charge in [0.2, 0.25) is 5.75 Å². The molecule has 0 N–H and O–H groups in total. The molecule has 0 fully saturated rings. The van der Waals surface area contributed by atoms with Gasteiger partial charge in [0.05, 0.1) is 18.6 Å². The SMILES string of the molecule is CCC=CCCOc1cccc2c(OC(C)=O)c(OCCCCCCCCCC)c(=O)oc12. The summed E-state index contributed by atoms with van der Waals surface area (Å²) in [5.41, 5.74) is -0.433. The van der Waals surface area contributed by atoms with Gasteiger partial charge in [-0.15, -0.1) is 0 Å². The predicted octanol–water partition coefficient (Wildman–Crippen LogP) is 6.97. The summed E-state index contributed by atoms with van der Waals surface area (Å²) in [6, 6.07) is 5.23. The minimum Gasteiger partial charge on any atom is -0.489 e. The van der Waals surface area contributed by atoms with E-state index in [9.17, 15) is 9.59 Å². The Morgan fingerprint density at radius 2 is 1.64 bits per heavy atom. The van der Waals surface area contributed by atoms with E-state index in [-0.39, 0.29) is 17.1 Å². The summed E-state index contributed by atoms with van der Waals surface area (Å²) in [6.45, 7) is 6.38. The van der Waals surface area contributed by atoms with Crippen molar-refractivity contribution in [3.63, 3.8) is 0 Å². The van der Waals surface area contributed by atoms with Crippen LogP contribution in [0.5, 0.6) is 17.2 Å². The number of hydrogen-bond donors (Lipinski definition) is 0. The van der Waals surface area contributed by atoms with Crippen LogP contribution in [0, 0.1) is 0 Å². The number of allylic oxidation sites excluding steroid dienone is 1. The molecule has 0 aliphatic rings. The van der Waals surface area contributed by atoms with Crippen molar-refractivity contribution >= 4 is 16.9 Å². The number of fused-ring (bicyclic) bond motifs is 1. The number of carbonyl (C=O) groups excluding carboxylic acids is 1. The molecule has 33 heavy (non-hydrogen) atoms. The second-order valence-electron chi connectivity index (χ2n) is 8.11. The van der Waals surface area contributed by atoms with E-state index in [1.54, 1.807) is 18.2 Å². The van der Waals surface area contributed by atoms with Crippen LogP contribution in [0.4, 0.5) is 0 Å². The summed E-state index contributed by atoms with van der Waals surface area (Å²) < 4.78 is 22.5. The lowest BCUT2D eigenvalue weighted by Crippen LogP contribution is -2.13. The molecule has 0 bridgehead atoms. The van der Waals surface area contributed by atoms with Crippen molar-refractivity contribution in [2.24, 2.45) is 0 Å². The first kappa shape index (κ1) is 26.5. The van der Waals surface area contributed by atoms with Gasteiger partial charge in [0.1, 0.15) is 0 Å². The van der Waals surface area contributed by atoms with Gasteiger partial charge >= 0.3 is 11.6 Å². The minimum atomic E-state index is -0.680. The molecule has 1 heterocycles. The second kappa shape index (κ2) is 15.1. The zero-order chi connectivity index (χ0) is 23.9. The average molecular weight is 459 g/mol. The van der Waals surface area contributed by atoms with Gasteiger partial charge in [-0.3, -0.25) is 4.79 Å². The molecule has 1 aromatic carbocycles. The second-order valence-corrected chi connectivity index (χ2v) is 8.11. The highest BCUT2D eigenvalue weighted by atomic mass is 16.6. The summed E-state index contributed by atoms with van der Waals surface area (Å²) in [7, 11) is 0. The third kappa shape index (κ3) is 8.95. The summed E-state index contributed by atoms with van der Waals surface area (Å²) in [6.07, 6.45) is 15.1. The first-order chi connectivity index (χ1) is 16.1. The molecule has 2 aromatic rings. The van der Waals surface area contributed by atoms with E-state index >= 15 is 0 Å². The van der Waals surface area contributed by atoms with Gasteiger partial charge in [0.25, 0.3) is 0 Å².